The Morgan fingerprint density at radius 2 is 1.81 bits per heavy atom. The maximum atomic E-state index is 13.2. The Balaban J connectivity index is 1.75. The minimum absolute atomic E-state index is 0.00166. The van der Waals surface area contributed by atoms with Crippen molar-refractivity contribution < 1.29 is 4.79 Å². The molecule has 6 heteroatoms. The first-order chi connectivity index (χ1) is 13.0. The SMILES string of the molecule is Cc1ccc(-c2c(C)sc3ncn(CC(=O)N4CCCCC4)c(=O)c23)cc1. The van der Waals surface area contributed by atoms with Gasteiger partial charge in [-0.25, -0.2) is 4.98 Å². The van der Waals surface area contributed by atoms with Crippen molar-refractivity contribution in [2.75, 3.05) is 13.1 Å². The number of likely N-dealkylation sites (tertiary alicyclic amines) is 1. The van der Waals surface area contributed by atoms with Crippen LogP contribution in [0.2, 0.25) is 0 Å². The zero-order valence-electron chi connectivity index (χ0n) is 15.7. The highest BCUT2D eigenvalue weighted by Crippen LogP contribution is 2.35. The Labute approximate surface area is 162 Å². The van der Waals surface area contributed by atoms with Crippen LogP contribution in [0.5, 0.6) is 0 Å². The van der Waals surface area contributed by atoms with E-state index < -0.39 is 0 Å². The van der Waals surface area contributed by atoms with E-state index in [-0.39, 0.29) is 18.0 Å². The zero-order chi connectivity index (χ0) is 19.0. The van der Waals surface area contributed by atoms with Crippen LogP contribution in [0.4, 0.5) is 0 Å². The lowest BCUT2D eigenvalue weighted by atomic mass is 10.0. The van der Waals surface area contributed by atoms with Gasteiger partial charge in [-0.05, 0) is 38.7 Å². The average molecular weight is 382 g/mol. The summed E-state index contributed by atoms with van der Waals surface area (Å²) in [5.74, 6) is 0.00166. The molecule has 2 aromatic heterocycles. The van der Waals surface area contributed by atoms with Gasteiger partial charge in [0.05, 0.1) is 11.7 Å². The summed E-state index contributed by atoms with van der Waals surface area (Å²) in [7, 11) is 0. The van der Waals surface area contributed by atoms with Crippen molar-refractivity contribution in [3.63, 3.8) is 0 Å². The largest absolute Gasteiger partial charge is 0.341 e. The van der Waals surface area contributed by atoms with Crippen molar-refractivity contribution in [1.29, 1.82) is 0 Å². The topological polar surface area (TPSA) is 55.2 Å². The van der Waals surface area contributed by atoms with Gasteiger partial charge in [0.15, 0.2) is 0 Å². The molecule has 27 heavy (non-hydrogen) atoms. The Morgan fingerprint density at radius 3 is 2.52 bits per heavy atom. The fraction of sp³-hybridized carbons (Fsp3) is 0.381. The summed E-state index contributed by atoms with van der Waals surface area (Å²) in [6.45, 7) is 5.70. The second-order valence-corrected chi connectivity index (χ2v) is 8.40. The molecule has 1 aromatic carbocycles. The molecule has 3 aromatic rings. The highest BCUT2D eigenvalue weighted by Gasteiger charge is 2.20. The summed E-state index contributed by atoms with van der Waals surface area (Å²) in [4.78, 5) is 33.9. The molecule has 1 saturated heterocycles. The molecule has 1 aliphatic heterocycles. The number of fused-ring (bicyclic) bond motifs is 1. The molecule has 0 atom stereocenters. The van der Waals surface area contributed by atoms with Crippen LogP contribution in [0.25, 0.3) is 21.3 Å². The van der Waals surface area contributed by atoms with Crippen molar-refractivity contribution in [2.24, 2.45) is 0 Å². The minimum atomic E-state index is -0.134. The molecule has 0 radical (unpaired) electrons. The smallest absolute Gasteiger partial charge is 0.263 e. The monoisotopic (exact) mass is 381 g/mol. The standard InChI is InChI=1S/C21H23N3O2S/c1-14-6-8-16(9-7-14)18-15(2)27-20-19(18)21(26)24(13-22-20)12-17(25)23-10-4-3-5-11-23/h6-9,13H,3-5,10-12H2,1-2H3. The molecule has 0 aliphatic carbocycles. The lowest BCUT2D eigenvalue weighted by Gasteiger charge is -2.26. The van der Waals surface area contributed by atoms with E-state index in [1.807, 2.05) is 43.0 Å². The second-order valence-electron chi connectivity index (χ2n) is 7.20. The summed E-state index contributed by atoms with van der Waals surface area (Å²) in [6.07, 6.45) is 4.77. The van der Waals surface area contributed by atoms with Gasteiger partial charge in [-0.3, -0.25) is 14.2 Å². The van der Waals surface area contributed by atoms with Gasteiger partial charge in [0.25, 0.3) is 5.56 Å². The molecule has 0 unspecified atom stereocenters. The van der Waals surface area contributed by atoms with E-state index in [1.165, 1.54) is 34.2 Å². The zero-order valence-corrected chi connectivity index (χ0v) is 16.5. The number of hydrogen-bond acceptors (Lipinski definition) is 4. The van der Waals surface area contributed by atoms with Gasteiger partial charge in [-0.1, -0.05) is 29.8 Å². The van der Waals surface area contributed by atoms with Crippen molar-refractivity contribution in [1.82, 2.24) is 14.5 Å². The van der Waals surface area contributed by atoms with E-state index in [0.29, 0.717) is 5.39 Å². The van der Waals surface area contributed by atoms with Gasteiger partial charge in [-0.15, -0.1) is 11.3 Å². The van der Waals surface area contributed by atoms with Crippen LogP contribution >= 0.6 is 11.3 Å². The summed E-state index contributed by atoms with van der Waals surface area (Å²) >= 11 is 1.53. The molecule has 0 saturated carbocycles. The first-order valence-corrected chi connectivity index (χ1v) is 10.2. The predicted octanol–water partition coefficient (Wildman–Crippen LogP) is 3.75. The Kier molecular flexibility index (Phi) is 4.83. The minimum Gasteiger partial charge on any atom is -0.341 e. The van der Waals surface area contributed by atoms with Crippen molar-refractivity contribution in [3.8, 4) is 11.1 Å². The van der Waals surface area contributed by atoms with Crippen LogP contribution in [0, 0.1) is 13.8 Å². The number of carbonyl (C=O) groups is 1. The highest BCUT2D eigenvalue weighted by atomic mass is 32.1. The third kappa shape index (κ3) is 3.41. The maximum absolute atomic E-state index is 13.2. The van der Waals surface area contributed by atoms with Gasteiger partial charge < -0.3 is 4.90 Å². The molecule has 1 aliphatic rings. The number of hydrogen-bond donors (Lipinski definition) is 0. The number of rotatable bonds is 3. The van der Waals surface area contributed by atoms with Gasteiger partial charge in [-0.2, -0.15) is 0 Å². The van der Waals surface area contributed by atoms with Gasteiger partial charge in [0, 0.05) is 23.5 Å². The fourth-order valence-electron chi connectivity index (χ4n) is 3.71. The number of thiophene rings is 1. The second kappa shape index (κ2) is 7.27. The predicted molar refractivity (Wildman–Crippen MR) is 109 cm³/mol. The molecule has 1 amide bonds. The van der Waals surface area contributed by atoms with E-state index >= 15 is 0 Å². The number of amides is 1. The molecular formula is C21H23N3O2S. The van der Waals surface area contributed by atoms with Crippen LogP contribution in [0.15, 0.2) is 35.4 Å². The summed E-state index contributed by atoms with van der Waals surface area (Å²) in [6, 6.07) is 8.18. The number of carbonyl (C=O) groups excluding carboxylic acids is 1. The molecule has 3 heterocycles. The van der Waals surface area contributed by atoms with Gasteiger partial charge in [0.1, 0.15) is 11.4 Å². The van der Waals surface area contributed by atoms with Crippen LogP contribution in [0.3, 0.4) is 0 Å². The molecule has 140 valence electrons. The normalized spacial score (nSPS) is 14.7. The van der Waals surface area contributed by atoms with E-state index in [2.05, 4.69) is 4.98 Å². The number of piperidine rings is 1. The number of aryl methyl sites for hydroxylation is 2. The van der Waals surface area contributed by atoms with E-state index in [0.717, 1.165) is 46.8 Å². The Bertz CT molecular complexity index is 1040. The number of benzene rings is 1. The van der Waals surface area contributed by atoms with Crippen molar-refractivity contribution in [3.05, 3.63) is 51.4 Å². The highest BCUT2D eigenvalue weighted by molar-refractivity contribution is 7.19. The molecule has 5 nitrogen and oxygen atoms in total. The number of nitrogens with zero attached hydrogens (tertiary/aromatic N) is 3. The molecule has 0 spiro atoms. The quantitative estimate of drug-likeness (QED) is 0.694. The van der Waals surface area contributed by atoms with Gasteiger partial charge >= 0.3 is 0 Å². The maximum Gasteiger partial charge on any atom is 0.263 e. The lowest BCUT2D eigenvalue weighted by Crippen LogP contribution is -2.39. The van der Waals surface area contributed by atoms with E-state index in [4.69, 9.17) is 0 Å². The molecule has 1 fully saturated rings. The summed E-state index contributed by atoms with van der Waals surface area (Å²) in [5.41, 5.74) is 3.00. The first kappa shape index (κ1) is 17.9. The van der Waals surface area contributed by atoms with Crippen LogP contribution in [-0.2, 0) is 11.3 Å². The third-order valence-electron chi connectivity index (χ3n) is 5.21. The van der Waals surface area contributed by atoms with Crippen LogP contribution in [-0.4, -0.2) is 33.4 Å². The number of aromatic nitrogens is 2. The van der Waals surface area contributed by atoms with Crippen LogP contribution < -0.4 is 5.56 Å². The first-order valence-electron chi connectivity index (χ1n) is 9.38. The van der Waals surface area contributed by atoms with Crippen LogP contribution in [0.1, 0.15) is 29.7 Å². The Morgan fingerprint density at radius 1 is 1.11 bits per heavy atom. The van der Waals surface area contributed by atoms with E-state index in [9.17, 15) is 9.59 Å². The van der Waals surface area contributed by atoms with Crippen molar-refractivity contribution >= 4 is 27.5 Å². The fourth-order valence-corrected chi connectivity index (χ4v) is 4.71. The average Bonchev–Trinajstić information content (AvgIpc) is 3.02. The Hall–Kier alpha value is -2.47. The molecule has 0 bridgehead atoms. The van der Waals surface area contributed by atoms with E-state index in [1.54, 1.807) is 0 Å². The van der Waals surface area contributed by atoms with Crippen molar-refractivity contribution in [2.45, 2.75) is 39.7 Å². The molecule has 4 rings (SSSR count). The summed E-state index contributed by atoms with van der Waals surface area (Å²) in [5, 5.41) is 0.621. The summed E-state index contributed by atoms with van der Waals surface area (Å²) < 4.78 is 1.46. The molecule has 0 N–H and O–H groups in total. The molecular weight excluding hydrogens is 358 g/mol. The lowest BCUT2D eigenvalue weighted by molar-refractivity contribution is -0.132. The van der Waals surface area contributed by atoms with Gasteiger partial charge in [0.2, 0.25) is 5.91 Å². The third-order valence-corrected chi connectivity index (χ3v) is 6.22.